The molecule has 144 valence electrons. The van der Waals surface area contributed by atoms with E-state index >= 15 is 0 Å². The van der Waals surface area contributed by atoms with Crippen LogP contribution in [-0.4, -0.2) is 22.3 Å². The average Bonchev–Trinajstić information content (AvgIpc) is 3.17. The number of aromatic amines is 1. The summed E-state index contributed by atoms with van der Waals surface area (Å²) in [6.45, 7) is 0.752. The number of nitrogens with zero attached hydrogens (tertiary/aromatic N) is 1. The number of amides is 1. The minimum atomic E-state index is -0.0596. The van der Waals surface area contributed by atoms with Gasteiger partial charge in [-0.15, -0.1) is 0 Å². The van der Waals surface area contributed by atoms with Gasteiger partial charge >= 0.3 is 0 Å². The zero-order valence-electron chi connectivity index (χ0n) is 16.3. The van der Waals surface area contributed by atoms with Crippen molar-refractivity contribution in [2.24, 2.45) is 0 Å². The third kappa shape index (κ3) is 3.33. The van der Waals surface area contributed by atoms with Crippen molar-refractivity contribution in [2.75, 3.05) is 6.54 Å². The number of para-hydroxylation sites is 1. The normalized spacial score (nSPS) is 16.0. The number of hydrogen-bond acceptors (Lipinski definition) is 1. The van der Waals surface area contributed by atoms with Gasteiger partial charge in [0, 0.05) is 29.6 Å². The summed E-state index contributed by atoms with van der Waals surface area (Å²) in [5, 5.41) is 1.28. The molecule has 1 aliphatic heterocycles. The highest BCUT2D eigenvalue weighted by atomic mass is 16.2. The molecule has 1 aliphatic rings. The molecule has 0 spiro atoms. The molecule has 2 heterocycles. The minimum absolute atomic E-state index is 0.0596. The van der Waals surface area contributed by atoms with Crippen LogP contribution in [0.15, 0.2) is 84.9 Å². The molecule has 0 unspecified atom stereocenters. The van der Waals surface area contributed by atoms with Crippen molar-refractivity contribution in [3.8, 4) is 0 Å². The molecule has 0 saturated heterocycles. The fourth-order valence-electron chi connectivity index (χ4n) is 4.53. The van der Waals surface area contributed by atoms with Crippen molar-refractivity contribution >= 4 is 16.8 Å². The Bertz CT molecular complexity index is 1130. The molecule has 5 rings (SSSR count). The number of rotatable bonds is 4. The van der Waals surface area contributed by atoms with Crippen LogP contribution in [0.25, 0.3) is 10.9 Å². The molecule has 1 N–H and O–H groups in total. The van der Waals surface area contributed by atoms with Crippen LogP contribution in [-0.2, 0) is 17.6 Å². The van der Waals surface area contributed by atoms with E-state index in [1.165, 1.54) is 16.5 Å². The van der Waals surface area contributed by atoms with Gasteiger partial charge < -0.3 is 9.88 Å². The molecule has 3 heteroatoms. The third-order valence-electron chi connectivity index (χ3n) is 5.94. The maximum atomic E-state index is 13.3. The Balaban J connectivity index is 1.50. The standard InChI is InChI=1S/C26H24N2O/c29-24(16-15-19-9-3-1-4-10-19)28-18-17-22-21-13-7-8-14-23(21)27-25(22)26(28)20-11-5-2-6-12-20/h1-14,26-27H,15-18H2/t26-/m1/s1. The van der Waals surface area contributed by atoms with E-state index in [4.69, 9.17) is 0 Å². The number of aromatic nitrogens is 1. The molecule has 0 saturated carbocycles. The van der Waals surface area contributed by atoms with Gasteiger partial charge in [0.2, 0.25) is 5.91 Å². The van der Waals surface area contributed by atoms with Gasteiger partial charge in [0.15, 0.2) is 0 Å². The molecule has 0 aliphatic carbocycles. The molecule has 4 aromatic rings. The lowest BCUT2D eigenvalue weighted by Crippen LogP contribution is -2.40. The fraction of sp³-hybridized carbons (Fsp3) is 0.192. The van der Waals surface area contributed by atoms with Crippen molar-refractivity contribution in [1.82, 2.24) is 9.88 Å². The number of carbonyl (C=O) groups excluding carboxylic acids is 1. The number of fused-ring (bicyclic) bond motifs is 3. The van der Waals surface area contributed by atoms with E-state index in [0.29, 0.717) is 6.42 Å². The predicted molar refractivity (Wildman–Crippen MR) is 117 cm³/mol. The molecule has 29 heavy (non-hydrogen) atoms. The summed E-state index contributed by atoms with van der Waals surface area (Å²) in [4.78, 5) is 19.0. The van der Waals surface area contributed by atoms with Crippen LogP contribution in [0.5, 0.6) is 0 Å². The zero-order valence-corrected chi connectivity index (χ0v) is 16.3. The van der Waals surface area contributed by atoms with Gasteiger partial charge in [-0.25, -0.2) is 0 Å². The van der Waals surface area contributed by atoms with Crippen LogP contribution in [0.1, 0.15) is 34.8 Å². The number of aryl methyl sites for hydroxylation is 1. The van der Waals surface area contributed by atoms with E-state index in [0.717, 1.165) is 36.2 Å². The van der Waals surface area contributed by atoms with Gasteiger partial charge in [0.05, 0.1) is 6.04 Å². The average molecular weight is 380 g/mol. The Hall–Kier alpha value is -3.33. The van der Waals surface area contributed by atoms with Gasteiger partial charge in [0.25, 0.3) is 0 Å². The van der Waals surface area contributed by atoms with Gasteiger partial charge in [-0.2, -0.15) is 0 Å². The van der Waals surface area contributed by atoms with Gasteiger partial charge in [-0.3, -0.25) is 4.79 Å². The van der Waals surface area contributed by atoms with E-state index < -0.39 is 0 Å². The van der Waals surface area contributed by atoms with Gasteiger partial charge in [0.1, 0.15) is 0 Å². The third-order valence-corrected chi connectivity index (χ3v) is 5.94. The number of H-pyrrole nitrogens is 1. The molecule has 1 aromatic heterocycles. The summed E-state index contributed by atoms with van der Waals surface area (Å²) in [5.41, 5.74) is 6.03. The number of carbonyl (C=O) groups is 1. The van der Waals surface area contributed by atoms with Crippen molar-refractivity contribution < 1.29 is 4.79 Å². The predicted octanol–water partition coefficient (Wildman–Crippen LogP) is 5.27. The van der Waals surface area contributed by atoms with E-state index in [1.54, 1.807) is 0 Å². The molecule has 3 aromatic carbocycles. The van der Waals surface area contributed by atoms with Crippen molar-refractivity contribution in [3.63, 3.8) is 0 Å². The lowest BCUT2D eigenvalue weighted by Gasteiger charge is -2.36. The summed E-state index contributed by atoms with van der Waals surface area (Å²) in [6.07, 6.45) is 2.19. The number of hydrogen-bond donors (Lipinski definition) is 1. The molecule has 0 fully saturated rings. The first kappa shape index (κ1) is 17.7. The Morgan fingerprint density at radius 3 is 2.38 bits per heavy atom. The van der Waals surface area contributed by atoms with E-state index in [1.807, 2.05) is 24.3 Å². The smallest absolute Gasteiger partial charge is 0.223 e. The second-order valence-electron chi connectivity index (χ2n) is 7.70. The lowest BCUT2D eigenvalue weighted by molar-refractivity contribution is -0.133. The van der Waals surface area contributed by atoms with Crippen LogP contribution in [0, 0.1) is 0 Å². The van der Waals surface area contributed by atoms with Crippen LogP contribution >= 0.6 is 0 Å². The Labute approximate surface area is 171 Å². The van der Waals surface area contributed by atoms with Crippen LogP contribution < -0.4 is 0 Å². The highest BCUT2D eigenvalue weighted by Crippen LogP contribution is 2.38. The molecular formula is C26H24N2O. The molecular weight excluding hydrogens is 356 g/mol. The SMILES string of the molecule is O=C(CCc1ccccc1)N1CCc2c([nH]c3ccccc23)[C@H]1c1ccccc1. The van der Waals surface area contributed by atoms with Crippen molar-refractivity contribution in [1.29, 1.82) is 0 Å². The zero-order chi connectivity index (χ0) is 19.6. The Morgan fingerprint density at radius 2 is 1.59 bits per heavy atom. The van der Waals surface area contributed by atoms with E-state index in [2.05, 4.69) is 70.5 Å². The van der Waals surface area contributed by atoms with E-state index in [-0.39, 0.29) is 11.9 Å². The number of nitrogens with one attached hydrogen (secondary N) is 1. The highest BCUT2D eigenvalue weighted by Gasteiger charge is 2.34. The van der Waals surface area contributed by atoms with Crippen molar-refractivity contribution in [2.45, 2.75) is 25.3 Å². The second kappa shape index (κ2) is 7.59. The number of benzene rings is 3. The monoisotopic (exact) mass is 380 g/mol. The first-order valence-electron chi connectivity index (χ1n) is 10.3. The summed E-state index contributed by atoms with van der Waals surface area (Å²) >= 11 is 0. The first-order chi connectivity index (χ1) is 14.3. The first-order valence-corrected chi connectivity index (χ1v) is 10.3. The molecule has 1 atom stereocenters. The quantitative estimate of drug-likeness (QED) is 0.514. The molecule has 0 bridgehead atoms. The lowest BCUT2D eigenvalue weighted by atomic mass is 9.92. The molecule has 3 nitrogen and oxygen atoms in total. The van der Waals surface area contributed by atoms with Crippen LogP contribution in [0.3, 0.4) is 0 Å². The van der Waals surface area contributed by atoms with Gasteiger partial charge in [-0.1, -0.05) is 78.9 Å². The Kier molecular flexibility index (Phi) is 4.65. The van der Waals surface area contributed by atoms with Crippen LogP contribution in [0.2, 0.25) is 0 Å². The van der Waals surface area contributed by atoms with E-state index in [9.17, 15) is 4.79 Å². The van der Waals surface area contributed by atoms with Gasteiger partial charge in [-0.05, 0) is 35.6 Å². The maximum absolute atomic E-state index is 13.3. The Morgan fingerprint density at radius 1 is 0.897 bits per heavy atom. The fourth-order valence-corrected chi connectivity index (χ4v) is 4.53. The minimum Gasteiger partial charge on any atom is -0.356 e. The molecule has 0 radical (unpaired) electrons. The summed E-state index contributed by atoms with van der Waals surface area (Å²) in [6, 6.07) is 29.0. The maximum Gasteiger partial charge on any atom is 0.223 e. The van der Waals surface area contributed by atoms with Crippen molar-refractivity contribution in [3.05, 3.63) is 107 Å². The largest absolute Gasteiger partial charge is 0.356 e. The molecule has 1 amide bonds. The second-order valence-corrected chi connectivity index (χ2v) is 7.70. The summed E-state index contributed by atoms with van der Waals surface area (Å²) in [7, 11) is 0. The highest BCUT2D eigenvalue weighted by molar-refractivity contribution is 5.86. The summed E-state index contributed by atoms with van der Waals surface area (Å²) < 4.78 is 0. The topological polar surface area (TPSA) is 36.1 Å². The summed E-state index contributed by atoms with van der Waals surface area (Å²) in [5.74, 6) is 0.215. The van der Waals surface area contributed by atoms with Crippen LogP contribution in [0.4, 0.5) is 0 Å².